The fraction of sp³-hybridized carbons (Fsp3) is 0.368. The van der Waals surface area contributed by atoms with Gasteiger partial charge in [0, 0.05) is 25.4 Å². The maximum atomic E-state index is 5.34. The number of rotatable bonds is 8. The van der Waals surface area contributed by atoms with E-state index in [0.29, 0.717) is 30.5 Å². The van der Waals surface area contributed by atoms with Crippen LogP contribution in [0.3, 0.4) is 0 Å². The van der Waals surface area contributed by atoms with Gasteiger partial charge in [0.15, 0.2) is 17.5 Å². The lowest BCUT2D eigenvalue weighted by Crippen LogP contribution is -2.36. The fourth-order valence-corrected chi connectivity index (χ4v) is 2.35. The highest BCUT2D eigenvalue weighted by Crippen LogP contribution is 2.27. The Morgan fingerprint density at radius 2 is 1.74 bits per heavy atom. The number of guanidine groups is 1. The Morgan fingerprint density at radius 3 is 2.41 bits per heavy atom. The third kappa shape index (κ3) is 7.12. The van der Waals surface area contributed by atoms with Crippen LogP contribution in [-0.2, 0) is 13.1 Å². The van der Waals surface area contributed by atoms with Gasteiger partial charge in [0.2, 0.25) is 5.88 Å². The monoisotopic (exact) mass is 486 g/mol. The fourth-order valence-electron chi connectivity index (χ4n) is 2.35. The van der Waals surface area contributed by atoms with E-state index < -0.39 is 0 Å². The van der Waals surface area contributed by atoms with E-state index in [1.165, 1.54) is 0 Å². The van der Waals surface area contributed by atoms with E-state index in [2.05, 4.69) is 20.6 Å². The zero-order chi connectivity index (χ0) is 18.8. The topological polar surface area (TPSA) is 77.0 Å². The lowest BCUT2D eigenvalue weighted by Gasteiger charge is -2.12. The minimum Gasteiger partial charge on any atom is -0.493 e. The molecule has 0 unspecified atom stereocenters. The molecule has 0 aliphatic rings. The van der Waals surface area contributed by atoms with Gasteiger partial charge in [-0.3, -0.25) is 0 Å². The van der Waals surface area contributed by atoms with E-state index in [-0.39, 0.29) is 24.0 Å². The summed E-state index contributed by atoms with van der Waals surface area (Å²) in [6, 6.07) is 9.62. The molecule has 1 aromatic heterocycles. The van der Waals surface area contributed by atoms with E-state index in [1.54, 1.807) is 27.5 Å². The molecule has 0 aliphatic carbocycles. The first kappa shape index (κ1) is 22.8. The summed E-state index contributed by atoms with van der Waals surface area (Å²) in [5, 5.41) is 6.55. The molecular weight excluding hydrogens is 459 g/mol. The van der Waals surface area contributed by atoms with E-state index >= 15 is 0 Å². The average molecular weight is 486 g/mol. The van der Waals surface area contributed by atoms with Crippen LogP contribution in [0.5, 0.6) is 17.4 Å². The summed E-state index contributed by atoms with van der Waals surface area (Å²) < 4.78 is 15.7. The molecule has 0 saturated heterocycles. The van der Waals surface area contributed by atoms with Crippen LogP contribution in [0, 0.1) is 0 Å². The highest BCUT2D eigenvalue weighted by atomic mass is 127. The second-order valence-corrected chi connectivity index (χ2v) is 5.44. The molecule has 1 aromatic carbocycles. The van der Waals surface area contributed by atoms with Gasteiger partial charge in [-0.15, -0.1) is 24.0 Å². The summed E-state index contributed by atoms with van der Waals surface area (Å²) in [6.45, 7) is 3.95. The van der Waals surface area contributed by atoms with Crippen molar-refractivity contribution in [1.82, 2.24) is 15.6 Å². The maximum absolute atomic E-state index is 5.34. The van der Waals surface area contributed by atoms with Gasteiger partial charge in [-0.25, -0.2) is 9.98 Å². The quantitative estimate of drug-likeness (QED) is 0.340. The van der Waals surface area contributed by atoms with Gasteiger partial charge in [-0.05, 0) is 36.2 Å². The van der Waals surface area contributed by atoms with Crippen molar-refractivity contribution in [3.05, 3.63) is 47.7 Å². The van der Waals surface area contributed by atoms with Gasteiger partial charge in [-0.1, -0.05) is 6.07 Å². The van der Waals surface area contributed by atoms with E-state index in [0.717, 1.165) is 23.6 Å². The first-order valence-corrected chi connectivity index (χ1v) is 8.42. The normalized spacial score (nSPS) is 10.6. The third-order valence-corrected chi connectivity index (χ3v) is 3.68. The van der Waals surface area contributed by atoms with Gasteiger partial charge in [0.25, 0.3) is 0 Å². The molecule has 0 bridgehead atoms. The first-order valence-electron chi connectivity index (χ1n) is 8.42. The molecule has 2 aromatic rings. The second kappa shape index (κ2) is 12.2. The zero-order valence-corrected chi connectivity index (χ0v) is 18.4. The van der Waals surface area contributed by atoms with Crippen LogP contribution in [0.15, 0.2) is 41.5 Å². The predicted molar refractivity (Wildman–Crippen MR) is 117 cm³/mol. The van der Waals surface area contributed by atoms with Crippen LogP contribution in [0.1, 0.15) is 18.1 Å². The Hall–Kier alpha value is -2.23. The van der Waals surface area contributed by atoms with Crippen LogP contribution in [0.25, 0.3) is 0 Å². The van der Waals surface area contributed by atoms with Crippen molar-refractivity contribution in [1.29, 1.82) is 0 Å². The predicted octanol–water partition coefficient (Wildman–Crippen LogP) is 2.98. The summed E-state index contributed by atoms with van der Waals surface area (Å²) in [5.74, 6) is 2.73. The molecule has 0 amide bonds. The van der Waals surface area contributed by atoms with Crippen molar-refractivity contribution in [3.63, 3.8) is 0 Å². The number of hydrogen-bond acceptors (Lipinski definition) is 5. The number of nitrogens with zero attached hydrogens (tertiary/aromatic N) is 2. The number of aliphatic imine (C=N–C) groups is 1. The first-order chi connectivity index (χ1) is 12.7. The third-order valence-electron chi connectivity index (χ3n) is 3.68. The number of methoxy groups -OCH3 is 3. The smallest absolute Gasteiger partial charge is 0.213 e. The van der Waals surface area contributed by atoms with Crippen LogP contribution in [0.2, 0.25) is 0 Å². The number of hydrogen-bond donors (Lipinski definition) is 2. The van der Waals surface area contributed by atoms with Crippen LogP contribution in [0.4, 0.5) is 0 Å². The lowest BCUT2D eigenvalue weighted by atomic mass is 10.2. The SMILES string of the molecule is CCNC(=NCc1ccc(OC)c(OC)c1)NCc1ccnc(OC)c1.I. The summed E-state index contributed by atoms with van der Waals surface area (Å²) in [6.07, 6.45) is 1.73. The molecule has 0 aliphatic heterocycles. The molecule has 27 heavy (non-hydrogen) atoms. The summed E-state index contributed by atoms with van der Waals surface area (Å²) in [7, 11) is 4.85. The molecule has 0 spiro atoms. The number of nitrogens with one attached hydrogen (secondary N) is 2. The van der Waals surface area contributed by atoms with Crippen molar-refractivity contribution in [2.75, 3.05) is 27.9 Å². The van der Waals surface area contributed by atoms with Crippen LogP contribution < -0.4 is 24.8 Å². The Morgan fingerprint density at radius 1 is 0.963 bits per heavy atom. The van der Waals surface area contributed by atoms with E-state index in [1.807, 2.05) is 37.3 Å². The molecule has 2 rings (SSSR count). The highest BCUT2D eigenvalue weighted by molar-refractivity contribution is 14.0. The zero-order valence-electron chi connectivity index (χ0n) is 16.1. The number of halogens is 1. The van der Waals surface area contributed by atoms with Crippen LogP contribution >= 0.6 is 24.0 Å². The van der Waals surface area contributed by atoms with Gasteiger partial charge in [0.1, 0.15) is 0 Å². The van der Waals surface area contributed by atoms with Crippen molar-refractivity contribution in [3.8, 4) is 17.4 Å². The average Bonchev–Trinajstić information content (AvgIpc) is 2.69. The number of pyridine rings is 1. The van der Waals surface area contributed by atoms with Crippen molar-refractivity contribution in [2.24, 2.45) is 4.99 Å². The molecule has 7 nitrogen and oxygen atoms in total. The van der Waals surface area contributed by atoms with Gasteiger partial charge >= 0.3 is 0 Å². The largest absolute Gasteiger partial charge is 0.493 e. The molecule has 0 radical (unpaired) electrons. The summed E-state index contributed by atoms with van der Waals surface area (Å²) in [4.78, 5) is 8.73. The Balaban J connectivity index is 0.00000364. The van der Waals surface area contributed by atoms with Crippen molar-refractivity contribution in [2.45, 2.75) is 20.0 Å². The molecular formula is C19H27IN4O3. The highest BCUT2D eigenvalue weighted by Gasteiger charge is 2.05. The lowest BCUT2D eigenvalue weighted by molar-refractivity contribution is 0.354. The minimum absolute atomic E-state index is 0. The molecule has 0 saturated carbocycles. The van der Waals surface area contributed by atoms with Gasteiger partial charge in [0.05, 0.1) is 27.9 Å². The minimum atomic E-state index is 0. The molecule has 0 fully saturated rings. The molecule has 1 heterocycles. The van der Waals surface area contributed by atoms with Crippen LogP contribution in [-0.4, -0.2) is 38.8 Å². The van der Waals surface area contributed by atoms with E-state index in [9.17, 15) is 0 Å². The Labute approximate surface area is 177 Å². The number of ether oxygens (including phenoxy) is 3. The Bertz CT molecular complexity index is 741. The number of aromatic nitrogens is 1. The molecule has 8 heteroatoms. The van der Waals surface area contributed by atoms with Crippen molar-refractivity contribution >= 4 is 29.9 Å². The van der Waals surface area contributed by atoms with Gasteiger partial charge in [-0.2, -0.15) is 0 Å². The van der Waals surface area contributed by atoms with E-state index in [4.69, 9.17) is 14.2 Å². The molecule has 0 atom stereocenters. The maximum Gasteiger partial charge on any atom is 0.213 e. The summed E-state index contributed by atoms with van der Waals surface area (Å²) in [5.41, 5.74) is 2.10. The van der Waals surface area contributed by atoms with Crippen molar-refractivity contribution < 1.29 is 14.2 Å². The molecule has 2 N–H and O–H groups in total. The summed E-state index contributed by atoms with van der Waals surface area (Å²) >= 11 is 0. The molecule has 148 valence electrons. The standard InChI is InChI=1S/C19H26N4O3.HI/c1-5-20-19(23-13-15-8-9-21-18(11-15)26-4)22-12-14-6-7-16(24-2)17(10-14)25-3;/h6-11H,5,12-13H2,1-4H3,(H2,20,22,23);1H. The second-order valence-electron chi connectivity index (χ2n) is 5.44. The number of benzene rings is 1. The Kier molecular flexibility index (Phi) is 10.3. The van der Waals surface area contributed by atoms with Gasteiger partial charge < -0.3 is 24.8 Å².